The van der Waals surface area contributed by atoms with Crippen molar-refractivity contribution in [3.63, 3.8) is 0 Å². The zero-order chi connectivity index (χ0) is 11.5. The van der Waals surface area contributed by atoms with Crippen LogP contribution in [0, 0.1) is 0 Å². The maximum Gasteiger partial charge on any atom is 0.144 e. The van der Waals surface area contributed by atoms with E-state index in [9.17, 15) is 5.11 Å². The van der Waals surface area contributed by atoms with Gasteiger partial charge < -0.3 is 19.5 Å². The molecule has 2 aromatic rings. The maximum atomic E-state index is 9.22. The number of para-hydroxylation sites is 1. The van der Waals surface area contributed by atoms with E-state index >= 15 is 0 Å². The highest BCUT2D eigenvalue weighted by molar-refractivity contribution is 5.86. The fourth-order valence-corrected chi connectivity index (χ4v) is 1.66. The second-order valence-electron chi connectivity index (χ2n) is 3.77. The zero-order valence-corrected chi connectivity index (χ0v) is 9.13. The molecule has 0 saturated carbocycles. The molecule has 0 bridgehead atoms. The summed E-state index contributed by atoms with van der Waals surface area (Å²) in [4.78, 5) is 0. The van der Waals surface area contributed by atoms with Gasteiger partial charge in [-0.3, -0.25) is 0 Å². The summed E-state index contributed by atoms with van der Waals surface area (Å²) in [7, 11) is 1.94. The number of aliphatic hydroxyl groups excluding tert-OH is 2. The molecule has 0 aliphatic heterocycles. The number of hydrogen-bond acceptors (Lipinski definition) is 3. The number of hydrogen-bond donors (Lipinski definition) is 2. The van der Waals surface area contributed by atoms with Crippen LogP contribution in [0.25, 0.3) is 10.9 Å². The Morgan fingerprint density at radius 1 is 1.38 bits per heavy atom. The normalized spacial score (nSPS) is 12.9. The van der Waals surface area contributed by atoms with Gasteiger partial charge in [0.2, 0.25) is 0 Å². The third kappa shape index (κ3) is 2.03. The second kappa shape index (κ2) is 4.55. The number of aliphatic hydroxyl groups is 2. The van der Waals surface area contributed by atoms with Gasteiger partial charge in [-0.05, 0) is 12.1 Å². The SMILES string of the molecule is Cn1cc(OCC(O)CO)c2ccccc21. The second-order valence-corrected chi connectivity index (χ2v) is 3.77. The van der Waals surface area contributed by atoms with Crippen molar-refractivity contribution in [1.82, 2.24) is 4.57 Å². The minimum absolute atomic E-state index is 0.102. The Balaban J connectivity index is 2.24. The van der Waals surface area contributed by atoms with Crippen LogP contribution < -0.4 is 4.74 Å². The Labute approximate surface area is 93.7 Å². The molecule has 0 aliphatic carbocycles. The van der Waals surface area contributed by atoms with Gasteiger partial charge in [-0.25, -0.2) is 0 Å². The maximum absolute atomic E-state index is 9.22. The molecule has 1 aromatic heterocycles. The lowest BCUT2D eigenvalue weighted by atomic mass is 10.2. The highest BCUT2D eigenvalue weighted by Crippen LogP contribution is 2.26. The molecule has 16 heavy (non-hydrogen) atoms. The molecule has 4 heteroatoms. The van der Waals surface area contributed by atoms with Crippen molar-refractivity contribution in [3.05, 3.63) is 30.5 Å². The minimum atomic E-state index is -0.834. The van der Waals surface area contributed by atoms with Crippen molar-refractivity contribution in [2.45, 2.75) is 6.10 Å². The predicted octanol–water partition coefficient (Wildman–Crippen LogP) is 0.910. The largest absolute Gasteiger partial charge is 0.489 e. The van der Waals surface area contributed by atoms with Crippen LogP contribution in [0.4, 0.5) is 0 Å². The summed E-state index contributed by atoms with van der Waals surface area (Å²) < 4.78 is 7.43. The van der Waals surface area contributed by atoms with Crippen LogP contribution in [0.5, 0.6) is 5.75 Å². The van der Waals surface area contributed by atoms with Crippen molar-refractivity contribution in [2.75, 3.05) is 13.2 Å². The van der Waals surface area contributed by atoms with Gasteiger partial charge in [0.1, 0.15) is 18.5 Å². The molecule has 0 aliphatic rings. The van der Waals surface area contributed by atoms with Crippen molar-refractivity contribution in [3.8, 4) is 5.75 Å². The molecule has 0 amide bonds. The van der Waals surface area contributed by atoms with Crippen LogP contribution in [0.3, 0.4) is 0 Å². The van der Waals surface area contributed by atoms with Gasteiger partial charge in [0.15, 0.2) is 0 Å². The van der Waals surface area contributed by atoms with Gasteiger partial charge in [0.05, 0.1) is 12.1 Å². The van der Waals surface area contributed by atoms with Crippen LogP contribution >= 0.6 is 0 Å². The first-order valence-corrected chi connectivity index (χ1v) is 5.18. The van der Waals surface area contributed by atoms with E-state index in [2.05, 4.69) is 0 Å². The van der Waals surface area contributed by atoms with E-state index in [1.807, 2.05) is 42.1 Å². The summed E-state index contributed by atoms with van der Waals surface area (Å²) >= 11 is 0. The lowest BCUT2D eigenvalue weighted by molar-refractivity contribution is 0.0540. The Hall–Kier alpha value is -1.52. The van der Waals surface area contributed by atoms with Crippen LogP contribution in [0.1, 0.15) is 0 Å². The third-order valence-corrected chi connectivity index (χ3v) is 2.50. The Morgan fingerprint density at radius 2 is 2.12 bits per heavy atom. The van der Waals surface area contributed by atoms with Gasteiger partial charge in [-0.15, -0.1) is 0 Å². The molecule has 2 N–H and O–H groups in total. The number of ether oxygens (including phenoxy) is 1. The van der Waals surface area contributed by atoms with E-state index in [-0.39, 0.29) is 13.2 Å². The smallest absolute Gasteiger partial charge is 0.144 e. The quantitative estimate of drug-likeness (QED) is 0.807. The van der Waals surface area contributed by atoms with Crippen molar-refractivity contribution >= 4 is 10.9 Å². The number of fused-ring (bicyclic) bond motifs is 1. The van der Waals surface area contributed by atoms with Gasteiger partial charge in [0, 0.05) is 18.6 Å². The van der Waals surface area contributed by atoms with Crippen LogP contribution in [-0.4, -0.2) is 34.1 Å². The fourth-order valence-electron chi connectivity index (χ4n) is 1.66. The topological polar surface area (TPSA) is 54.6 Å². The first kappa shape index (κ1) is 11.0. The van der Waals surface area contributed by atoms with E-state index < -0.39 is 6.10 Å². The Morgan fingerprint density at radius 3 is 2.88 bits per heavy atom. The number of benzene rings is 1. The van der Waals surface area contributed by atoms with Crippen molar-refractivity contribution in [2.24, 2.45) is 7.05 Å². The standard InChI is InChI=1S/C12H15NO3/c1-13-6-12(16-8-9(15)7-14)10-4-2-3-5-11(10)13/h2-6,9,14-15H,7-8H2,1H3. The van der Waals surface area contributed by atoms with Gasteiger partial charge in [-0.1, -0.05) is 12.1 Å². The number of nitrogens with zero attached hydrogens (tertiary/aromatic N) is 1. The molecule has 1 unspecified atom stereocenters. The van der Waals surface area contributed by atoms with Crippen molar-refractivity contribution < 1.29 is 14.9 Å². The molecule has 0 saturated heterocycles. The fraction of sp³-hybridized carbons (Fsp3) is 0.333. The summed E-state index contributed by atoms with van der Waals surface area (Å²) in [6.45, 7) is -0.185. The lowest BCUT2D eigenvalue weighted by Gasteiger charge is -2.08. The number of rotatable bonds is 4. The molecule has 0 spiro atoms. The van der Waals surface area contributed by atoms with E-state index in [0.29, 0.717) is 0 Å². The lowest BCUT2D eigenvalue weighted by Crippen LogP contribution is -2.21. The summed E-state index contributed by atoms with van der Waals surface area (Å²) in [5.74, 6) is 0.727. The van der Waals surface area contributed by atoms with Crippen LogP contribution in [0.2, 0.25) is 0 Å². The van der Waals surface area contributed by atoms with E-state index in [1.54, 1.807) is 0 Å². The highest BCUT2D eigenvalue weighted by atomic mass is 16.5. The van der Waals surface area contributed by atoms with Gasteiger partial charge in [-0.2, -0.15) is 0 Å². The molecule has 4 nitrogen and oxygen atoms in total. The summed E-state index contributed by atoms with van der Waals surface area (Å²) in [6, 6.07) is 7.88. The summed E-state index contributed by atoms with van der Waals surface area (Å²) in [5, 5.41) is 18.9. The third-order valence-electron chi connectivity index (χ3n) is 2.50. The van der Waals surface area contributed by atoms with Gasteiger partial charge >= 0.3 is 0 Å². The number of aryl methyl sites for hydroxylation is 1. The molecule has 1 atom stereocenters. The van der Waals surface area contributed by atoms with E-state index in [0.717, 1.165) is 16.7 Å². The highest BCUT2D eigenvalue weighted by Gasteiger charge is 2.09. The van der Waals surface area contributed by atoms with E-state index in [1.165, 1.54) is 0 Å². The average Bonchev–Trinajstić information content (AvgIpc) is 2.64. The monoisotopic (exact) mass is 221 g/mol. The first-order valence-electron chi connectivity index (χ1n) is 5.18. The molecular weight excluding hydrogens is 206 g/mol. The van der Waals surface area contributed by atoms with Crippen molar-refractivity contribution in [1.29, 1.82) is 0 Å². The number of aromatic nitrogens is 1. The molecule has 1 heterocycles. The zero-order valence-electron chi connectivity index (χ0n) is 9.13. The summed E-state index contributed by atoms with van der Waals surface area (Å²) in [6.07, 6.45) is 1.04. The first-order chi connectivity index (χ1) is 7.72. The molecule has 0 fully saturated rings. The molecular formula is C12H15NO3. The summed E-state index contributed by atoms with van der Waals surface area (Å²) in [5.41, 5.74) is 1.08. The minimum Gasteiger partial charge on any atom is -0.489 e. The molecule has 1 aromatic carbocycles. The molecule has 2 rings (SSSR count). The predicted molar refractivity (Wildman–Crippen MR) is 61.5 cm³/mol. The van der Waals surface area contributed by atoms with Crippen LogP contribution in [-0.2, 0) is 7.05 Å². The molecule has 86 valence electrons. The van der Waals surface area contributed by atoms with E-state index in [4.69, 9.17) is 9.84 Å². The van der Waals surface area contributed by atoms with Gasteiger partial charge in [0.25, 0.3) is 0 Å². The van der Waals surface area contributed by atoms with Crippen LogP contribution in [0.15, 0.2) is 30.5 Å². The average molecular weight is 221 g/mol. The Bertz CT molecular complexity index is 478. The Kier molecular flexibility index (Phi) is 3.12. The molecule has 0 radical (unpaired) electrons.